The van der Waals surface area contributed by atoms with E-state index in [9.17, 15) is 14.0 Å². The van der Waals surface area contributed by atoms with Gasteiger partial charge in [0.05, 0.1) is 12.5 Å². The van der Waals surface area contributed by atoms with Gasteiger partial charge in [-0.05, 0) is 37.0 Å². The third-order valence-electron chi connectivity index (χ3n) is 3.64. The molecule has 1 amide bonds. The van der Waals surface area contributed by atoms with Crippen LogP contribution in [0.25, 0.3) is 0 Å². The summed E-state index contributed by atoms with van der Waals surface area (Å²) in [4.78, 5) is 24.6. The van der Waals surface area contributed by atoms with Gasteiger partial charge in [-0.3, -0.25) is 9.59 Å². The van der Waals surface area contributed by atoms with Gasteiger partial charge in [0.25, 0.3) is 0 Å². The van der Waals surface area contributed by atoms with Crippen LogP contribution in [0.2, 0.25) is 0 Å². The maximum Gasteiger partial charge on any atom is 0.323 e. The fraction of sp³-hybridized carbons (Fsp3) is 0.500. The summed E-state index contributed by atoms with van der Waals surface area (Å²) in [6, 6.07) is 5.69. The van der Waals surface area contributed by atoms with Crippen LogP contribution in [0.1, 0.15) is 31.2 Å². The zero-order chi connectivity index (χ0) is 15.9. The fourth-order valence-corrected chi connectivity index (χ4v) is 2.50. The number of halogens is 1. The number of rotatable bonds is 6. The molecule has 1 fully saturated rings. The number of carboxylic acid groups (broad SMARTS) is 1. The third kappa shape index (κ3) is 5.11. The molecular formula is C16H20FNO4. The average Bonchev–Trinajstić information content (AvgIpc) is 2.49. The van der Waals surface area contributed by atoms with Crippen LogP contribution in [0.15, 0.2) is 24.3 Å². The highest BCUT2D eigenvalue weighted by Crippen LogP contribution is 2.17. The van der Waals surface area contributed by atoms with Crippen molar-refractivity contribution in [1.82, 2.24) is 4.90 Å². The van der Waals surface area contributed by atoms with Gasteiger partial charge in [0.15, 0.2) is 0 Å². The largest absolute Gasteiger partial charge is 0.480 e. The highest BCUT2D eigenvalue weighted by Gasteiger charge is 2.23. The Morgan fingerprint density at radius 2 is 2.00 bits per heavy atom. The minimum Gasteiger partial charge on any atom is -0.480 e. The second kappa shape index (κ2) is 7.89. The monoisotopic (exact) mass is 309 g/mol. The van der Waals surface area contributed by atoms with Crippen LogP contribution < -0.4 is 0 Å². The SMILES string of the molecule is O=C(O)CN(Cc1ccc(F)cc1)C(=O)CC1CCCCO1. The Bertz CT molecular complexity index is 511. The van der Waals surface area contributed by atoms with Gasteiger partial charge in [-0.2, -0.15) is 0 Å². The maximum atomic E-state index is 12.9. The van der Waals surface area contributed by atoms with Crippen LogP contribution in [-0.2, 0) is 20.9 Å². The summed E-state index contributed by atoms with van der Waals surface area (Å²) in [6.07, 6.45) is 2.90. The van der Waals surface area contributed by atoms with Crippen molar-refractivity contribution in [2.75, 3.05) is 13.2 Å². The lowest BCUT2D eigenvalue weighted by Crippen LogP contribution is -2.38. The highest BCUT2D eigenvalue weighted by atomic mass is 19.1. The second-order valence-corrected chi connectivity index (χ2v) is 5.46. The van der Waals surface area contributed by atoms with Gasteiger partial charge < -0.3 is 14.7 Å². The number of carbonyl (C=O) groups is 2. The Labute approximate surface area is 128 Å². The van der Waals surface area contributed by atoms with Gasteiger partial charge >= 0.3 is 5.97 Å². The van der Waals surface area contributed by atoms with Crippen LogP contribution in [-0.4, -0.2) is 41.1 Å². The Hall–Kier alpha value is -1.95. The summed E-state index contributed by atoms with van der Waals surface area (Å²) >= 11 is 0. The van der Waals surface area contributed by atoms with E-state index in [-0.39, 0.29) is 37.3 Å². The van der Waals surface area contributed by atoms with Gasteiger partial charge in [-0.25, -0.2) is 4.39 Å². The van der Waals surface area contributed by atoms with E-state index in [0.29, 0.717) is 12.2 Å². The van der Waals surface area contributed by atoms with Crippen molar-refractivity contribution in [1.29, 1.82) is 0 Å². The molecule has 0 radical (unpaired) electrons. The van der Waals surface area contributed by atoms with Crippen molar-refractivity contribution in [3.63, 3.8) is 0 Å². The van der Waals surface area contributed by atoms with E-state index >= 15 is 0 Å². The molecular weight excluding hydrogens is 289 g/mol. The molecule has 1 unspecified atom stereocenters. The summed E-state index contributed by atoms with van der Waals surface area (Å²) in [5, 5.41) is 8.98. The number of benzene rings is 1. The molecule has 1 heterocycles. The number of aliphatic carboxylic acids is 1. The predicted molar refractivity (Wildman–Crippen MR) is 77.7 cm³/mol. The molecule has 0 bridgehead atoms. The summed E-state index contributed by atoms with van der Waals surface area (Å²) < 4.78 is 18.4. The van der Waals surface area contributed by atoms with E-state index in [1.54, 1.807) is 12.1 Å². The van der Waals surface area contributed by atoms with Crippen molar-refractivity contribution in [3.05, 3.63) is 35.6 Å². The topological polar surface area (TPSA) is 66.8 Å². The second-order valence-electron chi connectivity index (χ2n) is 5.46. The van der Waals surface area contributed by atoms with Gasteiger partial charge in [0.1, 0.15) is 12.4 Å². The number of hydrogen-bond acceptors (Lipinski definition) is 3. The van der Waals surface area contributed by atoms with Crippen LogP contribution in [0.3, 0.4) is 0 Å². The average molecular weight is 309 g/mol. The molecule has 120 valence electrons. The number of hydrogen-bond donors (Lipinski definition) is 1. The Kier molecular flexibility index (Phi) is 5.89. The fourth-order valence-electron chi connectivity index (χ4n) is 2.50. The minimum atomic E-state index is -1.07. The zero-order valence-corrected chi connectivity index (χ0v) is 12.3. The standard InChI is InChI=1S/C16H20FNO4/c17-13-6-4-12(5-7-13)10-18(11-16(20)21)15(19)9-14-3-1-2-8-22-14/h4-7,14H,1-3,8-11H2,(H,20,21). The first-order valence-corrected chi connectivity index (χ1v) is 7.40. The molecule has 1 aromatic rings. The summed E-state index contributed by atoms with van der Waals surface area (Å²) in [5.74, 6) is -1.69. The molecule has 5 nitrogen and oxygen atoms in total. The number of ether oxygens (including phenoxy) is 1. The van der Waals surface area contributed by atoms with Gasteiger partial charge in [-0.15, -0.1) is 0 Å². The minimum absolute atomic E-state index is 0.134. The molecule has 2 rings (SSSR count). The first-order chi connectivity index (χ1) is 10.5. The number of amides is 1. The van der Waals surface area contributed by atoms with E-state index in [0.717, 1.165) is 19.3 Å². The smallest absolute Gasteiger partial charge is 0.323 e. The van der Waals surface area contributed by atoms with Crippen molar-refractivity contribution in [3.8, 4) is 0 Å². The zero-order valence-electron chi connectivity index (χ0n) is 12.3. The molecule has 0 aromatic heterocycles. The number of carboxylic acids is 1. The third-order valence-corrected chi connectivity index (χ3v) is 3.64. The normalized spacial score (nSPS) is 18.0. The first kappa shape index (κ1) is 16.4. The summed E-state index contributed by atoms with van der Waals surface area (Å²) in [6.45, 7) is 0.426. The van der Waals surface area contributed by atoms with E-state index in [1.807, 2.05) is 0 Å². The summed E-state index contributed by atoms with van der Waals surface area (Å²) in [5.41, 5.74) is 0.695. The predicted octanol–water partition coefficient (Wildman–Crippen LogP) is 2.20. The van der Waals surface area contributed by atoms with E-state index in [2.05, 4.69) is 0 Å². The lowest BCUT2D eigenvalue weighted by atomic mass is 10.1. The number of carbonyl (C=O) groups excluding carboxylic acids is 1. The van der Waals surface area contributed by atoms with Crippen molar-refractivity contribution >= 4 is 11.9 Å². The molecule has 0 saturated carbocycles. The van der Waals surface area contributed by atoms with Crippen molar-refractivity contribution < 1.29 is 23.8 Å². The van der Waals surface area contributed by atoms with E-state index < -0.39 is 5.97 Å². The molecule has 6 heteroatoms. The summed E-state index contributed by atoms with van der Waals surface area (Å²) in [7, 11) is 0. The van der Waals surface area contributed by atoms with Crippen LogP contribution in [0.4, 0.5) is 4.39 Å². The molecule has 0 aliphatic carbocycles. The van der Waals surface area contributed by atoms with Crippen LogP contribution >= 0.6 is 0 Å². The quantitative estimate of drug-likeness (QED) is 0.875. The molecule has 0 spiro atoms. The van der Waals surface area contributed by atoms with Crippen molar-refractivity contribution in [2.45, 2.75) is 38.3 Å². The lowest BCUT2D eigenvalue weighted by molar-refractivity contribution is -0.146. The lowest BCUT2D eigenvalue weighted by Gasteiger charge is -2.26. The van der Waals surface area contributed by atoms with Gasteiger partial charge in [-0.1, -0.05) is 12.1 Å². The highest BCUT2D eigenvalue weighted by molar-refractivity contribution is 5.81. The van der Waals surface area contributed by atoms with Gasteiger partial charge in [0, 0.05) is 13.2 Å². The van der Waals surface area contributed by atoms with Crippen LogP contribution in [0, 0.1) is 5.82 Å². The van der Waals surface area contributed by atoms with Gasteiger partial charge in [0.2, 0.25) is 5.91 Å². The Morgan fingerprint density at radius 3 is 2.59 bits per heavy atom. The molecule has 1 N–H and O–H groups in total. The first-order valence-electron chi connectivity index (χ1n) is 7.40. The van der Waals surface area contributed by atoms with E-state index in [1.165, 1.54) is 17.0 Å². The molecule has 1 saturated heterocycles. The van der Waals surface area contributed by atoms with Crippen LogP contribution in [0.5, 0.6) is 0 Å². The maximum absolute atomic E-state index is 12.9. The molecule has 1 aromatic carbocycles. The van der Waals surface area contributed by atoms with E-state index in [4.69, 9.17) is 9.84 Å². The molecule has 1 aliphatic rings. The molecule has 1 atom stereocenters. The Balaban J connectivity index is 1.99. The molecule has 1 aliphatic heterocycles. The Morgan fingerprint density at radius 1 is 1.27 bits per heavy atom. The van der Waals surface area contributed by atoms with Crippen molar-refractivity contribution in [2.24, 2.45) is 0 Å². The molecule has 22 heavy (non-hydrogen) atoms. The number of nitrogens with zero attached hydrogens (tertiary/aromatic N) is 1.